The van der Waals surface area contributed by atoms with Crippen molar-refractivity contribution in [3.05, 3.63) is 35.3 Å². The Balaban J connectivity index is 1.88. The van der Waals surface area contributed by atoms with Crippen LogP contribution in [0, 0.1) is 0 Å². The second-order valence-corrected chi connectivity index (χ2v) is 8.83. The SMILES string of the molecule is CCCCC(=O)Nc1cccc(SC(C)C(=O)Nc2nc(CC(=O)OCC)cs2)c1. The molecule has 1 aromatic carbocycles. The number of carbonyl (C=O) groups is 3. The standard InChI is InChI=1S/C21H27N3O4S2/c1-4-6-10-18(25)22-15-8-7-9-17(11-15)30-14(3)20(27)24-21-23-16(13-29-21)12-19(26)28-5-2/h7-9,11,13-14H,4-6,10,12H2,1-3H3,(H,22,25)(H,23,24,27). The number of esters is 1. The van der Waals surface area contributed by atoms with E-state index in [-0.39, 0.29) is 29.5 Å². The lowest BCUT2D eigenvalue weighted by Gasteiger charge is -2.12. The van der Waals surface area contributed by atoms with Crippen LogP contribution in [0.5, 0.6) is 0 Å². The fraction of sp³-hybridized carbons (Fsp3) is 0.429. The van der Waals surface area contributed by atoms with Crippen LogP contribution in [0.4, 0.5) is 10.8 Å². The minimum atomic E-state index is -0.367. The number of ether oxygens (including phenoxy) is 1. The van der Waals surface area contributed by atoms with E-state index in [1.165, 1.54) is 23.1 Å². The molecule has 7 nitrogen and oxygen atoms in total. The lowest BCUT2D eigenvalue weighted by molar-refractivity contribution is -0.142. The fourth-order valence-corrected chi connectivity index (χ4v) is 4.12. The minimum absolute atomic E-state index is 0.00724. The quantitative estimate of drug-likeness (QED) is 0.387. The van der Waals surface area contributed by atoms with Crippen LogP contribution < -0.4 is 10.6 Å². The Morgan fingerprint density at radius 2 is 2.03 bits per heavy atom. The predicted molar refractivity (Wildman–Crippen MR) is 121 cm³/mol. The molecule has 2 rings (SSSR count). The van der Waals surface area contributed by atoms with E-state index < -0.39 is 0 Å². The molecular weight excluding hydrogens is 422 g/mol. The van der Waals surface area contributed by atoms with Gasteiger partial charge in [-0.05, 0) is 38.5 Å². The van der Waals surface area contributed by atoms with Gasteiger partial charge in [-0.15, -0.1) is 23.1 Å². The molecule has 1 heterocycles. The van der Waals surface area contributed by atoms with Crippen LogP contribution in [0.25, 0.3) is 0 Å². The molecule has 9 heteroatoms. The van der Waals surface area contributed by atoms with Crippen molar-refractivity contribution in [1.29, 1.82) is 0 Å². The molecule has 0 saturated heterocycles. The van der Waals surface area contributed by atoms with E-state index in [2.05, 4.69) is 15.6 Å². The van der Waals surface area contributed by atoms with Crippen LogP contribution in [0.2, 0.25) is 0 Å². The summed E-state index contributed by atoms with van der Waals surface area (Å²) in [5, 5.41) is 7.48. The molecule has 0 aliphatic rings. The molecular formula is C21H27N3O4S2. The topological polar surface area (TPSA) is 97.4 Å². The van der Waals surface area contributed by atoms with Gasteiger partial charge in [-0.1, -0.05) is 19.4 Å². The van der Waals surface area contributed by atoms with Crippen LogP contribution in [-0.4, -0.2) is 34.6 Å². The Hall–Kier alpha value is -2.39. The Labute approximate surface area is 185 Å². The average molecular weight is 450 g/mol. The summed E-state index contributed by atoms with van der Waals surface area (Å²) in [6.45, 7) is 5.92. The summed E-state index contributed by atoms with van der Waals surface area (Å²) < 4.78 is 4.90. The van der Waals surface area contributed by atoms with Gasteiger partial charge < -0.3 is 15.4 Å². The second-order valence-electron chi connectivity index (χ2n) is 6.55. The van der Waals surface area contributed by atoms with E-state index in [0.29, 0.717) is 23.9 Å². The zero-order valence-electron chi connectivity index (χ0n) is 17.4. The fourth-order valence-electron chi connectivity index (χ4n) is 2.48. The van der Waals surface area contributed by atoms with Crippen molar-refractivity contribution in [3.63, 3.8) is 0 Å². The van der Waals surface area contributed by atoms with E-state index in [1.54, 1.807) is 19.2 Å². The molecule has 162 valence electrons. The molecule has 0 spiro atoms. The third-order valence-corrected chi connectivity index (χ3v) is 5.87. The van der Waals surface area contributed by atoms with Crippen LogP contribution in [-0.2, 0) is 25.5 Å². The van der Waals surface area contributed by atoms with Crippen LogP contribution >= 0.6 is 23.1 Å². The molecule has 2 aromatic rings. The maximum Gasteiger partial charge on any atom is 0.311 e. The number of amides is 2. The van der Waals surface area contributed by atoms with Gasteiger partial charge in [0.25, 0.3) is 0 Å². The van der Waals surface area contributed by atoms with Crippen molar-refractivity contribution in [3.8, 4) is 0 Å². The van der Waals surface area contributed by atoms with Crippen molar-refractivity contribution in [2.24, 2.45) is 0 Å². The van der Waals surface area contributed by atoms with E-state index in [1.807, 2.05) is 31.2 Å². The van der Waals surface area contributed by atoms with E-state index in [0.717, 1.165) is 23.4 Å². The molecule has 0 bridgehead atoms. The Kier molecular flexibility index (Phi) is 9.82. The van der Waals surface area contributed by atoms with Gasteiger partial charge in [0.2, 0.25) is 11.8 Å². The summed E-state index contributed by atoms with van der Waals surface area (Å²) in [6.07, 6.45) is 2.41. The summed E-state index contributed by atoms with van der Waals surface area (Å²) in [5.74, 6) is -0.534. The molecule has 0 aliphatic carbocycles. The number of hydrogen-bond acceptors (Lipinski definition) is 7. The Morgan fingerprint density at radius 3 is 2.77 bits per heavy atom. The summed E-state index contributed by atoms with van der Waals surface area (Å²) in [7, 11) is 0. The van der Waals surface area contributed by atoms with E-state index >= 15 is 0 Å². The maximum atomic E-state index is 12.5. The van der Waals surface area contributed by atoms with Crippen molar-refractivity contribution in [1.82, 2.24) is 4.98 Å². The molecule has 2 amide bonds. The lowest BCUT2D eigenvalue weighted by Crippen LogP contribution is -2.22. The number of nitrogens with zero attached hydrogens (tertiary/aromatic N) is 1. The Bertz CT molecular complexity index is 869. The van der Waals surface area contributed by atoms with Crippen LogP contribution in [0.1, 0.15) is 45.7 Å². The van der Waals surface area contributed by atoms with Crippen LogP contribution in [0.3, 0.4) is 0 Å². The van der Waals surface area contributed by atoms with E-state index in [9.17, 15) is 14.4 Å². The molecule has 30 heavy (non-hydrogen) atoms. The molecule has 0 radical (unpaired) electrons. The number of aromatic nitrogens is 1. The maximum absolute atomic E-state index is 12.5. The number of thioether (sulfide) groups is 1. The van der Waals surface area contributed by atoms with Gasteiger partial charge in [0.1, 0.15) is 0 Å². The number of unbranched alkanes of at least 4 members (excludes halogenated alkanes) is 1. The van der Waals surface area contributed by atoms with Gasteiger partial charge in [-0.2, -0.15) is 0 Å². The highest BCUT2D eigenvalue weighted by atomic mass is 32.2. The molecule has 0 saturated carbocycles. The first-order valence-electron chi connectivity index (χ1n) is 9.88. The molecule has 0 aliphatic heterocycles. The number of thiazole rings is 1. The second kappa shape index (κ2) is 12.3. The van der Waals surface area contributed by atoms with Gasteiger partial charge in [-0.25, -0.2) is 4.98 Å². The first-order chi connectivity index (χ1) is 14.4. The van der Waals surface area contributed by atoms with E-state index in [4.69, 9.17) is 4.74 Å². The number of rotatable bonds is 11. The smallest absolute Gasteiger partial charge is 0.311 e. The molecule has 1 unspecified atom stereocenters. The molecule has 0 fully saturated rings. The van der Waals surface area contributed by atoms with Gasteiger partial charge in [-0.3, -0.25) is 14.4 Å². The molecule has 1 atom stereocenters. The van der Waals surface area contributed by atoms with Crippen molar-refractivity contribution in [2.45, 2.75) is 56.6 Å². The van der Waals surface area contributed by atoms with Gasteiger partial charge in [0.05, 0.1) is 24.0 Å². The summed E-state index contributed by atoms with van der Waals surface area (Å²) in [5.41, 5.74) is 1.29. The minimum Gasteiger partial charge on any atom is -0.466 e. The van der Waals surface area contributed by atoms with Gasteiger partial charge in [0, 0.05) is 22.4 Å². The summed E-state index contributed by atoms with van der Waals surface area (Å²) in [6, 6.07) is 7.44. The highest BCUT2D eigenvalue weighted by Crippen LogP contribution is 2.27. The van der Waals surface area contributed by atoms with Crippen molar-refractivity contribution in [2.75, 3.05) is 17.2 Å². The highest BCUT2D eigenvalue weighted by Gasteiger charge is 2.17. The predicted octanol–water partition coefficient (Wildman–Crippen LogP) is 4.50. The van der Waals surface area contributed by atoms with Gasteiger partial charge >= 0.3 is 5.97 Å². The summed E-state index contributed by atoms with van der Waals surface area (Å²) >= 11 is 2.66. The zero-order valence-corrected chi connectivity index (χ0v) is 19.0. The number of carbonyl (C=O) groups excluding carboxylic acids is 3. The third kappa shape index (κ3) is 8.16. The molecule has 1 aromatic heterocycles. The first-order valence-corrected chi connectivity index (χ1v) is 11.6. The normalized spacial score (nSPS) is 11.6. The van der Waals surface area contributed by atoms with Crippen LogP contribution in [0.15, 0.2) is 34.5 Å². The zero-order chi connectivity index (χ0) is 21.9. The highest BCUT2D eigenvalue weighted by molar-refractivity contribution is 8.00. The number of anilines is 2. The Morgan fingerprint density at radius 1 is 1.23 bits per heavy atom. The number of hydrogen-bond donors (Lipinski definition) is 2. The van der Waals surface area contributed by atoms with Gasteiger partial charge in [0.15, 0.2) is 5.13 Å². The largest absolute Gasteiger partial charge is 0.466 e. The molecule has 2 N–H and O–H groups in total. The summed E-state index contributed by atoms with van der Waals surface area (Å²) in [4.78, 5) is 41.1. The van der Waals surface area contributed by atoms with Crippen molar-refractivity contribution < 1.29 is 19.1 Å². The monoisotopic (exact) mass is 449 g/mol. The number of benzene rings is 1. The first kappa shape index (κ1) is 23.9. The third-order valence-electron chi connectivity index (χ3n) is 3.97. The number of nitrogens with one attached hydrogen (secondary N) is 2. The van der Waals surface area contributed by atoms with Crippen molar-refractivity contribution >= 4 is 51.7 Å². The average Bonchev–Trinajstić information content (AvgIpc) is 3.13. The lowest BCUT2D eigenvalue weighted by atomic mass is 10.2.